The maximum Gasteiger partial charge on any atom is 0.327 e. The molecule has 8 nitrogen and oxygen atoms in total. The second-order valence-corrected chi connectivity index (χ2v) is 9.75. The number of hydrogen-bond acceptors (Lipinski definition) is 5. The van der Waals surface area contributed by atoms with Crippen molar-refractivity contribution in [3.8, 4) is 5.75 Å². The van der Waals surface area contributed by atoms with Gasteiger partial charge in [0, 0.05) is 25.7 Å². The van der Waals surface area contributed by atoms with Gasteiger partial charge in [0.1, 0.15) is 18.8 Å². The zero-order valence-corrected chi connectivity index (χ0v) is 20.6. The van der Waals surface area contributed by atoms with E-state index in [-0.39, 0.29) is 30.4 Å². The monoisotopic (exact) mass is 446 g/mol. The van der Waals surface area contributed by atoms with Crippen molar-refractivity contribution in [1.82, 2.24) is 19.6 Å². The molecule has 0 aliphatic carbocycles. The summed E-state index contributed by atoms with van der Waals surface area (Å²) in [6.45, 7) is 9.70. The van der Waals surface area contributed by atoms with Gasteiger partial charge in [0.2, 0.25) is 5.91 Å². The first-order valence-corrected chi connectivity index (χ1v) is 11.1. The minimum Gasteiger partial charge on any atom is -0.494 e. The Hall–Kier alpha value is -2.61. The molecule has 0 atom stereocenters. The summed E-state index contributed by atoms with van der Waals surface area (Å²) in [5, 5.41) is 0. The molecule has 4 amide bonds. The highest BCUT2D eigenvalue weighted by Gasteiger charge is 2.36. The van der Waals surface area contributed by atoms with E-state index in [1.54, 1.807) is 11.9 Å². The number of urea groups is 1. The Morgan fingerprint density at radius 2 is 1.78 bits per heavy atom. The van der Waals surface area contributed by atoms with Gasteiger partial charge in [0.05, 0.1) is 6.61 Å². The number of ether oxygens (including phenoxy) is 1. The normalized spacial score (nSPS) is 14.7. The van der Waals surface area contributed by atoms with Crippen molar-refractivity contribution in [3.05, 3.63) is 29.8 Å². The van der Waals surface area contributed by atoms with Gasteiger partial charge in [-0.3, -0.25) is 14.5 Å². The molecule has 0 unspecified atom stereocenters. The van der Waals surface area contributed by atoms with E-state index in [4.69, 9.17) is 4.74 Å². The van der Waals surface area contributed by atoms with Gasteiger partial charge < -0.3 is 19.4 Å². The highest BCUT2D eigenvalue weighted by Crippen LogP contribution is 2.19. The van der Waals surface area contributed by atoms with Gasteiger partial charge in [-0.05, 0) is 58.0 Å². The van der Waals surface area contributed by atoms with Crippen LogP contribution in [0.25, 0.3) is 0 Å². The lowest BCUT2D eigenvalue weighted by atomic mass is 10.0. The van der Waals surface area contributed by atoms with Crippen LogP contribution in [-0.2, 0) is 16.1 Å². The van der Waals surface area contributed by atoms with Gasteiger partial charge in [0.25, 0.3) is 5.91 Å². The van der Waals surface area contributed by atoms with Crippen LogP contribution in [0, 0.1) is 5.92 Å². The molecular formula is C24H38N4O4. The summed E-state index contributed by atoms with van der Waals surface area (Å²) in [5.74, 6) is 0.787. The summed E-state index contributed by atoms with van der Waals surface area (Å²) in [7, 11) is 5.49. The third-order valence-corrected chi connectivity index (χ3v) is 5.93. The number of likely N-dealkylation sites (N-methyl/N-ethyl adjacent to an activating group) is 2. The van der Waals surface area contributed by atoms with E-state index in [0.717, 1.165) is 22.6 Å². The molecule has 0 radical (unpaired) electrons. The number of benzene rings is 1. The molecule has 178 valence electrons. The Morgan fingerprint density at radius 1 is 1.16 bits per heavy atom. The Kier molecular flexibility index (Phi) is 8.66. The summed E-state index contributed by atoms with van der Waals surface area (Å²) >= 11 is 0. The number of amides is 4. The standard InChI is InChI=1S/C24H38N4O4/c1-18(2)12-13-32-20-10-8-19(9-11-20)14-27(17-24(3,4)25(5)6)21(29)16-28-22(30)15-26(7)23(28)31/h8-11,18H,12-17H2,1-7H3. The highest BCUT2D eigenvalue weighted by molar-refractivity contribution is 6.04. The SMILES string of the molecule is CC(C)CCOc1ccc(CN(CC(C)(C)N(C)C)C(=O)CN2C(=O)CN(C)C2=O)cc1. The molecule has 1 heterocycles. The highest BCUT2D eigenvalue weighted by atomic mass is 16.5. The molecule has 8 heteroatoms. The molecule has 32 heavy (non-hydrogen) atoms. The number of carbonyl (C=O) groups excluding carboxylic acids is 3. The van der Waals surface area contributed by atoms with Gasteiger partial charge in [-0.15, -0.1) is 0 Å². The van der Waals surface area contributed by atoms with Crippen molar-refractivity contribution in [2.75, 3.05) is 47.4 Å². The van der Waals surface area contributed by atoms with Crippen LogP contribution < -0.4 is 4.74 Å². The first-order valence-electron chi connectivity index (χ1n) is 11.1. The molecule has 1 aliphatic heterocycles. The van der Waals surface area contributed by atoms with Crippen molar-refractivity contribution in [3.63, 3.8) is 0 Å². The van der Waals surface area contributed by atoms with E-state index < -0.39 is 6.03 Å². The molecule has 0 aromatic heterocycles. The maximum atomic E-state index is 13.2. The summed E-state index contributed by atoms with van der Waals surface area (Å²) < 4.78 is 5.79. The van der Waals surface area contributed by atoms with Crippen molar-refractivity contribution in [2.24, 2.45) is 5.92 Å². The molecule has 1 fully saturated rings. The van der Waals surface area contributed by atoms with Crippen LogP contribution in [0.3, 0.4) is 0 Å². The van der Waals surface area contributed by atoms with E-state index >= 15 is 0 Å². The Bertz CT molecular complexity index is 805. The third kappa shape index (κ3) is 6.95. The molecular weight excluding hydrogens is 408 g/mol. The van der Waals surface area contributed by atoms with Crippen LogP contribution >= 0.6 is 0 Å². The lowest BCUT2D eigenvalue weighted by Gasteiger charge is -2.38. The number of carbonyl (C=O) groups is 3. The Labute approximate surface area is 192 Å². The fourth-order valence-electron chi connectivity index (χ4n) is 3.22. The largest absolute Gasteiger partial charge is 0.494 e. The Balaban J connectivity index is 2.12. The van der Waals surface area contributed by atoms with Crippen LogP contribution in [0.15, 0.2) is 24.3 Å². The van der Waals surface area contributed by atoms with E-state index in [9.17, 15) is 14.4 Å². The van der Waals surface area contributed by atoms with E-state index in [0.29, 0.717) is 25.6 Å². The van der Waals surface area contributed by atoms with E-state index in [1.807, 2.05) is 38.4 Å². The van der Waals surface area contributed by atoms with Gasteiger partial charge in [0.15, 0.2) is 0 Å². The molecule has 1 aromatic rings. The van der Waals surface area contributed by atoms with Crippen LogP contribution in [0.2, 0.25) is 0 Å². The van der Waals surface area contributed by atoms with Gasteiger partial charge in [-0.25, -0.2) is 4.79 Å². The predicted octanol–water partition coefficient (Wildman–Crippen LogP) is 2.67. The molecule has 0 bridgehead atoms. The van der Waals surface area contributed by atoms with Crippen LogP contribution in [0.5, 0.6) is 5.75 Å². The van der Waals surface area contributed by atoms with Crippen LogP contribution in [0.1, 0.15) is 39.7 Å². The summed E-state index contributed by atoms with van der Waals surface area (Å²) in [4.78, 5) is 43.7. The summed E-state index contributed by atoms with van der Waals surface area (Å²) in [5.41, 5.74) is 0.672. The number of rotatable bonds is 11. The van der Waals surface area contributed by atoms with Crippen molar-refractivity contribution in [1.29, 1.82) is 0 Å². The second-order valence-electron chi connectivity index (χ2n) is 9.75. The van der Waals surface area contributed by atoms with Crippen LogP contribution in [-0.4, -0.2) is 90.4 Å². The number of imide groups is 1. The first-order chi connectivity index (χ1) is 14.9. The summed E-state index contributed by atoms with van der Waals surface area (Å²) in [6.07, 6.45) is 0.993. The molecule has 1 saturated heterocycles. The first kappa shape index (κ1) is 25.6. The van der Waals surface area contributed by atoms with Gasteiger partial charge >= 0.3 is 6.03 Å². The smallest absolute Gasteiger partial charge is 0.327 e. The molecule has 0 spiro atoms. The Morgan fingerprint density at radius 3 is 2.28 bits per heavy atom. The molecule has 0 N–H and O–H groups in total. The molecule has 2 rings (SSSR count). The zero-order valence-electron chi connectivity index (χ0n) is 20.6. The van der Waals surface area contributed by atoms with Gasteiger partial charge in [-0.1, -0.05) is 26.0 Å². The van der Waals surface area contributed by atoms with E-state index in [2.05, 4.69) is 32.6 Å². The van der Waals surface area contributed by atoms with Crippen molar-refractivity contribution >= 4 is 17.8 Å². The average Bonchev–Trinajstić information content (AvgIpc) is 2.94. The van der Waals surface area contributed by atoms with Crippen molar-refractivity contribution < 1.29 is 19.1 Å². The number of nitrogens with zero attached hydrogens (tertiary/aromatic N) is 4. The predicted molar refractivity (Wildman–Crippen MR) is 124 cm³/mol. The molecule has 0 saturated carbocycles. The molecule has 1 aromatic carbocycles. The van der Waals surface area contributed by atoms with Gasteiger partial charge in [-0.2, -0.15) is 0 Å². The molecule has 1 aliphatic rings. The fourth-order valence-corrected chi connectivity index (χ4v) is 3.22. The fraction of sp³-hybridized carbons (Fsp3) is 0.625. The maximum absolute atomic E-state index is 13.2. The summed E-state index contributed by atoms with van der Waals surface area (Å²) in [6, 6.07) is 7.30. The average molecular weight is 447 g/mol. The lowest BCUT2D eigenvalue weighted by molar-refractivity contribution is -0.138. The third-order valence-electron chi connectivity index (χ3n) is 5.93. The topological polar surface area (TPSA) is 73.4 Å². The quantitative estimate of drug-likeness (QED) is 0.489. The minimum atomic E-state index is -0.432. The number of hydrogen-bond donors (Lipinski definition) is 0. The van der Waals surface area contributed by atoms with Crippen molar-refractivity contribution in [2.45, 2.75) is 46.2 Å². The van der Waals surface area contributed by atoms with E-state index in [1.165, 1.54) is 4.90 Å². The lowest BCUT2D eigenvalue weighted by Crippen LogP contribution is -2.52. The zero-order chi connectivity index (χ0) is 24.1. The van der Waals surface area contributed by atoms with Crippen LogP contribution in [0.4, 0.5) is 4.79 Å². The minimum absolute atomic E-state index is 0.00752. The second kappa shape index (κ2) is 10.8.